The monoisotopic (exact) mass is 439 g/mol. The van der Waals surface area contributed by atoms with Gasteiger partial charge in [0, 0.05) is 22.2 Å². The fourth-order valence-corrected chi connectivity index (χ4v) is 3.90. The number of halogens is 2. The third kappa shape index (κ3) is 3.72. The molecule has 0 saturated heterocycles. The van der Waals surface area contributed by atoms with Gasteiger partial charge in [-0.3, -0.25) is 4.79 Å². The molecule has 0 amide bonds. The summed E-state index contributed by atoms with van der Waals surface area (Å²) in [5.74, 6) is -1.47. The molecular weight excluding hydrogens is 421 g/mol. The number of benzene rings is 2. The zero-order chi connectivity index (χ0) is 22.3. The summed E-state index contributed by atoms with van der Waals surface area (Å²) >= 11 is 6.38. The number of hydrogen-bond acceptors (Lipinski definition) is 4. The molecule has 0 aliphatic rings. The maximum absolute atomic E-state index is 13.2. The molecule has 31 heavy (non-hydrogen) atoms. The van der Waals surface area contributed by atoms with Gasteiger partial charge in [0.15, 0.2) is 6.10 Å². The van der Waals surface area contributed by atoms with E-state index >= 15 is 0 Å². The van der Waals surface area contributed by atoms with Gasteiger partial charge in [0.2, 0.25) is 5.78 Å². The van der Waals surface area contributed by atoms with E-state index in [1.54, 1.807) is 13.8 Å². The van der Waals surface area contributed by atoms with Crippen molar-refractivity contribution < 1.29 is 18.7 Å². The Bertz CT molecular complexity index is 1310. The van der Waals surface area contributed by atoms with Crippen LogP contribution in [0.25, 0.3) is 16.6 Å². The molecule has 0 fully saturated rings. The van der Waals surface area contributed by atoms with Crippen molar-refractivity contribution in [2.75, 3.05) is 0 Å². The smallest absolute Gasteiger partial charge is 0.343 e. The third-order valence-electron chi connectivity index (χ3n) is 5.07. The van der Waals surface area contributed by atoms with Crippen LogP contribution in [0.3, 0.4) is 0 Å². The fraction of sp³-hybridized carbons (Fsp3) is 0.174. The molecule has 2 heterocycles. The predicted molar refractivity (Wildman–Crippen MR) is 116 cm³/mol. The molecule has 158 valence electrons. The van der Waals surface area contributed by atoms with E-state index in [-0.39, 0.29) is 16.5 Å². The van der Waals surface area contributed by atoms with Crippen LogP contribution in [0.2, 0.25) is 5.15 Å². The molecule has 1 N–H and O–H groups in total. The van der Waals surface area contributed by atoms with Crippen molar-refractivity contribution >= 4 is 34.3 Å². The highest BCUT2D eigenvalue weighted by Crippen LogP contribution is 2.27. The summed E-state index contributed by atoms with van der Waals surface area (Å²) in [6.07, 6.45) is -1.03. The van der Waals surface area contributed by atoms with Gasteiger partial charge in [-0.2, -0.15) is 5.10 Å². The summed E-state index contributed by atoms with van der Waals surface area (Å²) in [7, 11) is 0. The lowest BCUT2D eigenvalue weighted by Crippen LogP contribution is -2.25. The van der Waals surface area contributed by atoms with Crippen LogP contribution in [0, 0.1) is 19.7 Å². The van der Waals surface area contributed by atoms with E-state index in [1.165, 1.54) is 35.9 Å². The van der Waals surface area contributed by atoms with E-state index in [9.17, 15) is 14.0 Å². The van der Waals surface area contributed by atoms with E-state index < -0.39 is 17.9 Å². The van der Waals surface area contributed by atoms with E-state index in [1.807, 2.05) is 24.3 Å². The summed E-state index contributed by atoms with van der Waals surface area (Å²) < 4.78 is 20.0. The molecule has 1 unspecified atom stereocenters. The molecular formula is C23H19ClFN3O3. The largest absolute Gasteiger partial charge is 0.451 e. The first-order valence-corrected chi connectivity index (χ1v) is 9.99. The second-order valence-electron chi connectivity index (χ2n) is 7.22. The van der Waals surface area contributed by atoms with Crippen molar-refractivity contribution in [2.45, 2.75) is 26.9 Å². The first-order chi connectivity index (χ1) is 14.8. The van der Waals surface area contributed by atoms with E-state index in [2.05, 4.69) is 10.1 Å². The Morgan fingerprint density at radius 1 is 1.10 bits per heavy atom. The van der Waals surface area contributed by atoms with Gasteiger partial charge in [0.1, 0.15) is 16.5 Å². The van der Waals surface area contributed by atoms with Crippen LogP contribution in [0.1, 0.15) is 39.0 Å². The van der Waals surface area contributed by atoms with Crippen LogP contribution < -0.4 is 0 Å². The summed E-state index contributed by atoms with van der Waals surface area (Å²) in [6.45, 7) is 4.93. The number of H-pyrrole nitrogens is 1. The second kappa shape index (κ2) is 8.00. The number of aromatic nitrogens is 3. The van der Waals surface area contributed by atoms with Crippen LogP contribution >= 0.6 is 11.6 Å². The number of fused-ring (bicyclic) bond motifs is 1. The Hall–Kier alpha value is -3.45. The minimum absolute atomic E-state index is 0.0250. The molecule has 2 aromatic heterocycles. The van der Waals surface area contributed by atoms with Crippen molar-refractivity contribution in [1.82, 2.24) is 14.8 Å². The number of para-hydroxylation sites is 1. The summed E-state index contributed by atoms with van der Waals surface area (Å²) in [5.41, 5.74) is 2.91. The number of carbonyl (C=O) groups excluding carboxylic acids is 2. The Morgan fingerprint density at radius 2 is 1.77 bits per heavy atom. The van der Waals surface area contributed by atoms with E-state index in [0.717, 1.165) is 10.9 Å². The fourth-order valence-electron chi connectivity index (χ4n) is 3.55. The maximum atomic E-state index is 13.2. The number of nitrogens with one attached hydrogen (secondary N) is 1. The van der Waals surface area contributed by atoms with E-state index in [4.69, 9.17) is 16.3 Å². The first-order valence-electron chi connectivity index (χ1n) is 9.61. The van der Waals surface area contributed by atoms with Crippen molar-refractivity contribution in [2.24, 2.45) is 0 Å². The number of hydrogen-bond donors (Lipinski definition) is 1. The zero-order valence-electron chi connectivity index (χ0n) is 17.1. The zero-order valence-corrected chi connectivity index (χ0v) is 17.8. The van der Waals surface area contributed by atoms with Crippen molar-refractivity contribution in [3.63, 3.8) is 0 Å². The van der Waals surface area contributed by atoms with Gasteiger partial charge in [0.05, 0.1) is 11.4 Å². The minimum Gasteiger partial charge on any atom is -0.451 e. The lowest BCUT2D eigenvalue weighted by atomic mass is 10.0. The van der Waals surface area contributed by atoms with Crippen LogP contribution in [-0.2, 0) is 4.74 Å². The summed E-state index contributed by atoms with van der Waals surface area (Å²) in [4.78, 5) is 29.1. The van der Waals surface area contributed by atoms with Crippen molar-refractivity contribution in [3.8, 4) is 5.69 Å². The van der Waals surface area contributed by atoms with Gasteiger partial charge in [0.25, 0.3) is 0 Å². The Balaban J connectivity index is 1.60. The van der Waals surface area contributed by atoms with E-state index in [0.29, 0.717) is 22.6 Å². The standard InChI is InChI=1S/C23H19ClFN3O3/c1-12-19(17-6-4-5-7-18(17)26-12)21(29)14(3)31-23(30)20-13(2)27-28(22(20)24)16-10-8-15(25)9-11-16/h4-11,14,26H,1-3H3. The highest BCUT2D eigenvalue weighted by atomic mass is 35.5. The lowest BCUT2D eigenvalue weighted by molar-refractivity contribution is 0.0318. The molecule has 0 bridgehead atoms. The van der Waals surface area contributed by atoms with Crippen LogP contribution in [0.15, 0.2) is 48.5 Å². The second-order valence-corrected chi connectivity index (χ2v) is 7.58. The van der Waals surface area contributed by atoms with Gasteiger partial charge in [-0.05, 0) is 51.1 Å². The Kier molecular flexibility index (Phi) is 5.37. The lowest BCUT2D eigenvalue weighted by Gasteiger charge is -2.12. The first kappa shape index (κ1) is 20.8. The molecule has 8 heteroatoms. The molecule has 4 aromatic rings. The highest BCUT2D eigenvalue weighted by molar-refractivity contribution is 6.33. The number of rotatable bonds is 5. The van der Waals surface area contributed by atoms with Gasteiger partial charge < -0.3 is 9.72 Å². The molecule has 6 nitrogen and oxygen atoms in total. The molecule has 0 aliphatic heterocycles. The number of Topliss-reactive ketones (excluding diaryl/α,β-unsaturated/α-hetero) is 1. The molecule has 1 atom stereocenters. The van der Waals surface area contributed by atoms with Gasteiger partial charge >= 0.3 is 5.97 Å². The average molecular weight is 440 g/mol. The molecule has 0 spiro atoms. The van der Waals surface area contributed by atoms with Gasteiger partial charge in [-0.25, -0.2) is 13.9 Å². The topological polar surface area (TPSA) is 77.0 Å². The van der Waals surface area contributed by atoms with Crippen molar-refractivity contribution in [3.05, 3.63) is 82.0 Å². The molecule has 4 rings (SSSR count). The quantitative estimate of drug-likeness (QED) is 0.343. The average Bonchev–Trinajstić information content (AvgIpc) is 3.22. The summed E-state index contributed by atoms with van der Waals surface area (Å²) in [6, 6.07) is 13.0. The van der Waals surface area contributed by atoms with Crippen molar-refractivity contribution in [1.29, 1.82) is 0 Å². The predicted octanol–water partition coefficient (Wildman–Crippen LogP) is 5.19. The number of esters is 1. The number of aryl methyl sites for hydroxylation is 2. The molecule has 0 saturated carbocycles. The number of aromatic amines is 1. The van der Waals surface area contributed by atoms with Gasteiger partial charge in [-0.15, -0.1) is 0 Å². The Morgan fingerprint density at radius 3 is 2.48 bits per heavy atom. The van der Waals surface area contributed by atoms with Crippen LogP contribution in [-0.4, -0.2) is 32.6 Å². The number of carbonyl (C=O) groups is 2. The highest BCUT2D eigenvalue weighted by Gasteiger charge is 2.28. The van der Waals surface area contributed by atoms with Crippen LogP contribution in [0.4, 0.5) is 4.39 Å². The number of nitrogens with zero attached hydrogens (tertiary/aromatic N) is 2. The summed E-state index contributed by atoms with van der Waals surface area (Å²) in [5, 5.41) is 5.05. The number of ketones is 1. The maximum Gasteiger partial charge on any atom is 0.343 e. The minimum atomic E-state index is -1.03. The molecule has 0 aliphatic carbocycles. The third-order valence-corrected chi connectivity index (χ3v) is 5.42. The van der Waals surface area contributed by atoms with Gasteiger partial charge in [-0.1, -0.05) is 29.8 Å². The molecule has 2 aromatic carbocycles. The normalized spacial score (nSPS) is 12.2. The Labute approximate surface area is 182 Å². The van der Waals surface area contributed by atoms with Crippen LogP contribution in [0.5, 0.6) is 0 Å². The molecule has 0 radical (unpaired) electrons. The SMILES string of the molecule is Cc1nn(-c2ccc(F)cc2)c(Cl)c1C(=O)OC(C)C(=O)c1c(C)[nH]c2ccccc12. The number of ether oxygens (including phenoxy) is 1.